The average Bonchev–Trinajstić information content (AvgIpc) is 2.62. The van der Waals surface area contributed by atoms with E-state index in [-0.39, 0.29) is 6.10 Å². The molecular formula is C14H26N2O2. The molecule has 0 radical (unpaired) electrons. The fourth-order valence-corrected chi connectivity index (χ4v) is 3.43. The highest BCUT2D eigenvalue weighted by molar-refractivity contribution is 5.87. The molecule has 0 aromatic heterocycles. The number of piperidine rings is 1. The van der Waals surface area contributed by atoms with Crippen LogP contribution in [-0.2, 0) is 0 Å². The molecule has 1 saturated heterocycles. The van der Waals surface area contributed by atoms with Gasteiger partial charge in [-0.1, -0.05) is 31.3 Å². The summed E-state index contributed by atoms with van der Waals surface area (Å²) in [6.07, 6.45) is 7.39. The van der Waals surface area contributed by atoms with E-state index in [0.29, 0.717) is 12.0 Å². The minimum atomic E-state index is -0.169. The van der Waals surface area contributed by atoms with Crippen molar-refractivity contribution >= 4 is 5.71 Å². The fraction of sp³-hybridized carbons (Fsp3) is 0.929. The zero-order chi connectivity index (χ0) is 13.0. The summed E-state index contributed by atoms with van der Waals surface area (Å²) in [5.74, 6) is 0.360. The number of oxime groups is 1. The first-order valence-electron chi connectivity index (χ1n) is 7.39. The third-order valence-electron chi connectivity index (χ3n) is 4.62. The molecule has 2 aliphatic rings. The van der Waals surface area contributed by atoms with Crippen LogP contribution in [0.1, 0.15) is 51.9 Å². The van der Waals surface area contributed by atoms with Crippen LogP contribution in [0.15, 0.2) is 5.16 Å². The van der Waals surface area contributed by atoms with Crippen LogP contribution in [0.4, 0.5) is 0 Å². The van der Waals surface area contributed by atoms with Gasteiger partial charge in [0.2, 0.25) is 0 Å². The summed E-state index contributed by atoms with van der Waals surface area (Å²) in [5, 5.41) is 22.7. The summed E-state index contributed by atoms with van der Waals surface area (Å²) in [5.41, 5.74) is 0.942. The van der Waals surface area contributed by atoms with E-state index in [9.17, 15) is 5.11 Å². The van der Waals surface area contributed by atoms with Crippen LogP contribution in [0, 0.1) is 5.92 Å². The first kappa shape index (κ1) is 13.8. The second-order valence-electron chi connectivity index (χ2n) is 5.71. The van der Waals surface area contributed by atoms with Crippen LogP contribution in [0.25, 0.3) is 0 Å². The maximum Gasteiger partial charge on any atom is 0.0695 e. The Morgan fingerprint density at radius 3 is 2.78 bits per heavy atom. The van der Waals surface area contributed by atoms with Gasteiger partial charge in [-0.25, -0.2) is 0 Å². The van der Waals surface area contributed by atoms with Crippen LogP contribution < -0.4 is 0 Å². The van der Waals surface area contributed by atoms with E-state index in [1.54, 1.807) is 0 Å². The first-order chi connectivity index (χ1) is 8.76. The van der Waals surface area contributed by atoms with Gasteiger partial charge in [-0.2, -0.15) is 0 Å². The molecule has 1 saturated carbocycles. The highest BCUT2D eigenvalue weighted by Crippen LogP contribution is 2.27. The number of hydrogen-bond donors (Lipinski definition) is 2. The third-order valence-corrected chi connectivity index (χ3v) is 4.62. The predicted molar refractivity (Wildman–Crippen MR) is 72.1 cm³/mol. The molecule has 1 aliphatic carbocycles. The summed E-state index contributed by atoms with van der Waals surface area (Å²) in [6, 6.07) is 0.321. The largest absolute Gasteiger partial charge is 0.411 e. The lowest BCUT2D eigenvalue weighted by atomic mass is 9.90. The molecule has 0 spiro atoms. The standard InChI is InChI=1S/C14H26N2O2/c1-2-11-10-16(9-8-12(11)15-18)13-6-4-3-5-7-14(13)17/h11,13-14,17-18H,2-10H2,1H3. The van der Waals surface area contributed by atoms with Crippen molar-refractivity contribution in [3.63, 3.8) is 0 Å². The van der Waals surface area contributed by atoms with Gasteiger partial charge in [0.15, 0.2) is 0 Å². The van der Waals surface area contributed by atoms with Gasteiger partial charge >= 0.3 is 0 Å². The Bertz CT molecular complexity index is 294. The highest BCUT2D eigenvalue weighted by Gasteiger charge is 2.33. The van der Waals surface area contributed by atoms with Crippen molar-refractivity contribution in [2.75, 3.05) is 13.1 Å². The predicted octanol–water partition coefficient (Wildman–Crippen LogP) is 2.24. The third kappa shape index (κ3) is 3.04. The number of hydrogen-bond acceptors (Lipinski definition) is 4. The van der Waals surface area contributed by atoms with E-state index in [2.05, 4.69) is 17.0 Å². The molecule has 4 heteroatoms. The molecular weight excluding hydrogens is 228 g/mol. The van der Waals surface area contributed by atoms with Gasteiger partial charge < -0.3 is 10.3 Å². The average molecular weight is 254 g/mol. The van der Waals surface area contributed by atoms with Crippen LogP contribution in [-0.4, -0.2) is 46.2 Å². The summed E-state index contributed by atoms with van der Waals surface area (Å²) < 4.78 is 0. The molecule has 2 N–H and O–H groups in total. The Morgan fingerprint density at radius 1 is 1.28 bits per heavy atom. The van der Waals surface area contributed by atoms with Crippen molar-refractivity contribution in [1.82, 2.24) is 4.90 Å². The smallest absolute Gasteiger partial charge is 0.0695 e. The second kappa shape index (κ2) is 6.53. The molecule has 4 nitrogen and oxygen atoms in total. The van der Waals surface area contributed by atoms with Crippen molar-refractivity contribution in [1.29, 1.82) is 0 Å². The topological polar surface area (TPSA) is 56.1 Å². The monoisotopic (exact) mass is 254 g/mol. The zero-order valence-corrected chi connectivity index (χ0v) is 11.4. The molecule has 0 aromatic carbocycles. The van der Waals surface area contributed by atoms with Crippen LogP contribution in [0.2, 0.25) is 0 Å². The summed E-state index contributed by atoms with van der Waals surface area (Å²) in [6.45, 7) is 4.01. The number of likely N-dealkylation sites (tertiary alicyclic amines) is 1. The molecule has 0 aromatic rings. The normalized spacial score (nSPS) is 37.7. The SMILES string of the molecule is CCC1CN(C2CCCCCC2O)CCC1=NO. The maximum atomic E-state index is 10.3. The van der Waals surface area contributed by atoms with Gasteiger partial charge in [-0.3, -0.25) is 4.90 Å². The highest BCUT2D eigenvalue weighted by atomic mass is 16.4. The minimum Gasteiger partial charge on any atom is -0.411 e. The number of aliphatic hydroxyl groups is 1. The number of aliphatic hydroxyl groups excluding tert-OH is 1. The lowest BCUT2D eigenvalue weighted by molar-refractivity contribution is 0.0356. The van der Waals surface area contributed by atoms with Gasteiger partial charge in [0.1, 0.15) is 0 Å². The van der Waals surface area contributed by atoms with Crippen molar-refractivity contribution in [2.45, 2.75) is 64.0 Å². The molecule has 0 bridgehead atoms. The van der Waals surface area contributed by atoms with E-state index in [4.69, 9.17) is 5.21 Å². The van der Waals surface area contributed by atoms with Crippen LogP contribution in [0.3, 0.4) is 0 Å². The van der Waals surface area contributed by atoms with E-state index in [0.717, 1.165) is 50.9 Å². The number of rotatable bonds is 2. The summed E-state index contributed by atoms with van der Waals surface area (Å²) >= 11 is 0. The van der Waals surface area contributed by atoms with Crippen molar-refractivity contribution in [3.8, 4) is 0 Å². The molecule has 2 fully saturated rings. The molecule has 2 rings (SSSR count). The first-order valence-corrected chi connectivity index (χ1v) is 7.39. The second-order valence-corrected chi connectivity index (χ2v) is 5.71. The molecule has 1 heterocycles. The Morgan fingerprint density at radius 2 is 2.06 bits per heavy atom. The van der Waals surface area contributed by atoms with Gasteiger partial charge in [-0.15, -0.1) is 0 Å². The van der Waals surface area contributed by atoms with E-state index in [1.807, 2.05) is 0 Å². The van der Waals surface area contributed by atoms with Gasteiger partial charge in [0.05, 0.1) is 11.8 Å². The minimum absolute atomic E-state index is 0.169. The van der Waals surface area contributed by atoms with Crippen LogP contribution in [0.5, 0.6) is 0 Å². The Hall–Kier alpha value is -0.610. The lowest BCUT2D eigenvalue weighted by Crippen LogP contribution is -2.50. The van der Waals surface area contributed by atoms with Crippen molar-refractivity contribution in [3.05, 3.63) is 0 Å². The van der Waals surface area contributed by atoms with Crippen LogP contribution >= 0.6 is 0 Å². The molecule has 0 amide bonds. The molecule has 3 atom stereocenters. The Labute approximate surface area is 110 Å². The maximum absolute atomic E-state index is 10.3. The lowest BCUT2D eigenvalue weighted by Gasteiger charge is -2.39. The van der Waals surface area contributed by atoms with Gasteiger partial charge in [0, 0.05) is 31.5 Å². The van der Waals surface area contributed by atoms with Gasteiger partial charge in [0.25, 0.3) is 0 Å². The molecule has 1 aliphatic heterocycles. The zero-order valence-electron chi connectivity index (χ0n) is 11.4. The van der Waals surface area contributed by atoms with E-state index in [1.165, 1.54) is 12.8 Å². The van der Waals surface area contributed by atoms with Crippen molar-refractivity contribution < 1.29 is 10.3 Å². The summed E-state index contributed by atoms with van der Waals surface area (Å²) in [4.78, 5) is 2.43. The van der Waals surface area contributed by atoms with Crippen molar-refractivity contribution in [2.24, 2.45) is 11.1 Å². The number of nitrogens with zero attached hydrogens (tertiary/aromatic N) is 2. The Balaban J connectivity index is 2.00. The van der Waals surface area contributed by atoms with Gasteiger partial charge in [-0.05, 0) is 19.3 Å². The Kier molecular flexibility index (Phi) is 5.01. The fourth-order valence-electron chi connectivity index (χ4n) is 3.43. The molecule has 104 valence electrons. The molecule has 18 heavy (non-hydrogen) atoms. The van der Waals surface area contributed by atoms with E-state index < -0.39 is 0 Å². The summed E-state index contributed by atoms with van der Waals surface area (Å²) in [7, 11) is 0. The molecule has 3 unspecified atom stereocenters. The van der Waals surface area contributed by atoms with E-state index >= 15 is 0 Å². The quantitative estimate of drug-likeness (QED) is 0.451.